The van der Waals surface area contributed by atoms with Crippen LogP contribution in [0.3, 0.4) is 0 Å². The molecule has 3 aromatic rings. The molecule has 2 aromatic carbocycles. The molecule has 4 atom stereocenters. The molecule has 2 aliphatic rings. The Labute approximate surface area is 307 Å². The molecule has 0 fully saturated rings. The molecule has 3 heterocycles. The molecule has 0 saturated carbocycles. The topological polar surface area (TPSA) is 124 Å². The second kappa shape index (κ2) is 16.3. The summed E-state index contributed by atoms with van der Waals surface area (Å²) in [6.07, 6.45) is 7.16. The molecule has 2 bridgehead atoms. The summed E-state index contributed by atoms with van der Waals surface area (Å²) in [7, 11) is -0.490. The van der Waals surface area contributed by atoms with Gasteiger partial charge in [-0.05, 0) is 87.1 Å². The normalized spacial score (nSPS) is 24.6. The predicted molar refractivity (Wildman–Crippen MR) is 200 cm³/mol. The first-order chi connectivity index (χ1) is 24.3. The number of hydrogen-bond acceptors (Lipinski definition) is 8. The van der Waals surface area contributed by atoms with Gasteiger partial charge in [-0.3, -0.25) is 19.0 Å². The highest BCUT2D eigenvalue weighted by Gasteiger charge is 2.34. The zero-order chi connectivity index (χ0) is 36.9. The van der Waals surface area contributed by atoms with E-state index in [9.17, 15) is 13.8 Å². The number of nitrogens with one attached hydrogen (secondary N) is 1. The lowest BCUT2D eigenvalue weighted by molar-refractivity contribution is -0.137. The van der Waals surface area contributed by atoms with Crippen molar-refractivity contribution in [2.45, 2.75) is 82.8 Å². The molecule has 4 unspecified atom stereocenters. The number of aromatic nitrogens is 2. The van der Waals surface area contributed by atoms with Crippen molar-refractivity contribution in [3.8, 4) is 5.75 Å². The molecule has 13 heteroatoms. The number of aryl methyl sites for hydroxylation is 3. The number of halogens is 1. The minimum absolute atomic E-state index is 0.00382. The number of anilines is 1. The fourth-order valence-electron chi connectivity index (χ4n) is 6.57. The van der Waals surface area contributed by atoms with Crippen LogP contribution in [0.25, 0.3) is 0 Å². The van der Waals surface area contributed by atoms with Crippen LogP contribution in [0.4, 0.5) is 5.69 Å². The molecule has 11 nitrogen and oxygen atoms in total. The van der Waals surface area contributed by atoms with E-state index >= 15 is 0 Å². The van der Waals surface area contributed by atoms with Gasteiger partial charge in [-0.1, -0.05) is 56.5 Å². The standard InChI is InChI=1S/C38H50ClN5O6S/c1-8-11-27-21-29(39)13-15-31(27)28-23-44-18-17-26(9-2)34(48-7)12-10-19-50-38(4,5)37(46)42-51(47,30-14-16-35(49-24-28)33(44)22-30)41-36(45)32-20-25(3)43(6)40-32/h10,12-16,20-22,26,28,34H,8-9,11,17-19,23-24H2,1-7H3,(H,41,42,45,46,47)/b12-10+. The van der Waals surface area contributed by atoms with E-state index in [1.54, 1.807) is 63.9 Å². The smallest absolute Gasteiger partial charge is 0.287 e. The Morgan fingerprint density at radius 3 is 2.65 bits per heavy atom. The van der Waals surface area contributed by atoms with Crippen molar-refractivity contribution in [2.75, 3.05) is 38.3 Å². The minimum Gasteiger partial charge on any atom is -0.491 e. The van der Waals surface area contributed by atoms with Crippen LogP contribution in [0, 0.1) is 12.8 Å². The Morgan fingerprint density at radius 1 is 1.18 bits per heavy atom. The van der Waals surface area contributed by atoms with E-state index in [1.165, 1.54) is 11.1 Å². The van der Waals surface area contributed by atoms with Crippen molar-refractivity contribution in [1.29, 1.82) is 0 Å². The van der Waals surface area contributed by atoms with Crippen molar-refractivity contribution in [1.82, 2.24) is 14.5 Å². The van der Waals surface area contributed by atoms with Gasteiger partial charge in [0.05, 0.1) is 29.9 Å². The summed E-state index contributed by atoms with van der Waals surface area (Å²) in [5.41, 5.74) is 2.40. The van der Waals surface area contributed by atoms with Crippen molar-refractivity contribution in [3.05, 3.63) is 82.2 Å². The number of benzene rings is 2. The lowest BCUT2D eigenvalue weighted by Crippen LogP contribution is -2.38. The Kier molecular flexibility index (Phi) is 12.3. The number of methoxy groups -OCH3 is 1. The van der Waals surface area contributed by atoms with Crippen LogP contribution in [0.15, 0.2) is 63.9 Å². The Morgan fingerprint density at radius 2 is 1.96 bits per heavy atom. The molecular weight excluding hydrogens is 690 g/mol. The summed E-state index contributed by atoms with van der Waals surface area (Å²) in [5.74, 6) is -0.719. The van der Waals surface area contributed by atoms with Crippen molar-refractivity contribution >= 4 is 39.0 Å². The maximum Gasteiger partial charge on any atom is 0.287 e. The quantitative estimate of drug-likeness (QED) is 0.262. The Hall–Kier alpha value is -3.71. The number of ether oxygens (including phenoxy) is 3. The van der Waals surface area contributed by atoms with Crippen LogP contribution >= 0.6 is 11.6 Å². The SMILES string of the molecule is CCCc1cc(Cl)ccc1C1COc2ccc3cc2N(CCC(CC)C(OC)/C=C/COC(C)(C)C(=O)N=S3(=O)NC(=O)c2cc(C)n(C)n2)C1. The molecule has 0 aliphatic carbocycles. The molecular formula is C38H50ClN5O6S. The van der Waals surface area contributed by atoms with E-state index in [0.29, 0.717) is 36.2 Å². The van der Waals surface area contributed by atoms with E-state index in [1.807, 2.05) is 24.3 Å². The Balaban J connectivity index is 1.66. The number of amides is 2. The van der Waals surface area contributed by atoms with E-state index in [0.717, 1.165) is 31.4 Å². The summed E-state index contributed by atoms with van der Waals surface area (Å²) in [6.45, 7) is 11.0. The first kappa shape index (κ1) is 38.5. The van der Waals surface area contributed by atoms with Crippen molar-refractivity contribution in [3.63, 3.8) is 0 Å². The molecule has 2 amide bonds. The van der Waals surface area contributed by atoms with Gasteiger partial charge in [0.2, 0.25) is 0 Å². The molecule has 2 aliphatic heterocycles. The van der Waals surface area contributed by atoms with E-state index < -0.39 is 27.3 Å². The first-order valence-electron chi connectivity index (χ1n) is 17.6. The largest absolute Gasteiger partial charge is 0.491 e. The van der Waals surface area contributed by atoms with Gasteiger partial charge >= 0.3 is 0 Å². The van der Waals surface area contributed by atoms with E-state index in [4.69, 9.17) is 25.8 Å². The maximum atomic E-state index is 15.0. The summed E-state index contributed by atoms with van der Waals surface area (Å²) in [5, 5.41) is 4.95. The lowest BCUT2D eigenvalue weighted by Gasteiger charge is -2.31. The van der Waals surface area contributed by atoms with Crippen molar-refractivity contribution < 1.29 is 28.0 Å². The molecule has 5 rings (SSSR count). The van der Waals surface area contributed by atoms with Gasteiger partial charge < -0.3 is 19.1 Å². The third kappa shape index (κ3) is 8.85. The lowest BCUT2D eigenvalue weighted by atomic mass is 9.91. The fraction of sp³-hybridized carbons (Fsp3) is 0.500. The van der Waals surface area contributed by atoms with Gasteiger partial charge in [-0.25, -0.2) is 4.21 Å². The summed E-state index contributed by atoms with van der Waals surface area (Å²) >= 11 is 6.45. The van der Waals surface area contributed by atoms with Gasteiger partial charge in [-0.15, -0.1) is 4.36 Å². The molecule has 276 valence electrons. The zero-order valence-corrected chi connectivity index (χ0v) is 32.2. The van der Waals surface area contributed by atoms with Gasteiger partial charge in [-0.2, -0.15) is 5.10 Å². The highest BCUT2D eigenvalue weighted by Crippen LogP contribution is 2.39. The number of carbonyl (C=O) groups excluding carboxylic acids is 2. The van der Waals surface area contributed by atoms with E-state index in [-0.39, 0.29) is 35.1 Å². The highest BCUT2D eigenvalue weighted by molar-refractivity contribution is 7.92. The number of fused-ring (bicyclic) bond motifs is 1. The average Bonchev–Trinajstić information content (AvgIpc) is 3.33. The molecule has 0 saturated heterocycles. The van der Waals surface area contributed by atoms with Crippen molar-refractivity contribution in [2.24, 2.45) is 17.3 Å². The van der Waals surface area contributed by atoms with Crippen LogP contribution in [0.5, 0.6) is 5.75 Å². The van der Waals surface area contributed by atoms with Crippen LogP contribution < -0.4 is 14.4 Å². The van der Waals surface area contributed by atoms with Crippen LogP contribution in [-0.2, 0) is 37.7 Å². The van der Waals surface area contributed by atoms with Gasteiger partial charge in [0, 0.05) is 43.9 Å². The summed E-state index contributed by atoms with van der Waals surface area (Å²) in [6, 6.07) is 12.7. The fourth-order valence-corrected chi connectivity index (χ4v) is 8.37. The van der Waals surface area contributed by atoms with Crippen LogP contribution in [-0.4, -0.2) is 70.9 Å². The highest BCUT2D eigenvalue weighted by atomic mass is 35.5. The predicted octanol–water partition coefficient (Wildman–Crippen LogP) is 6.81. The molecule has 1 aromatic heterocycles. The molecule has 1 N–H and O–H groups in total. The summed E-state index contributed by atoms with van der Waals surface area (Å²) < 4.78 is 41.7. The molecule has 0 spiro atoms. The zero-order valence-electron chi connectivity index (χ0n) is 30.6. The second-order valence-electron chi connectivity index (χ2n) is 13.7. The number of carbonyl (C=O) groups is 2. The second-order valence-corrected chi connectivity index (χ2v) is 16.1. The number of nitrogens with zero attached hydrogens (tertiary/aromatic N) is 4. The van der Waals surface area contributed by atoms with Crippen LogP contribution in [0.2, 0.25) is 5.02 Å². The first-order valence-corrected chi connectivity index (χ1v) is 19.5. The number of rotatable bonds is 7. The molecule has 0 radical (unpaired) electrons. The maximum absolute atomic E-state index is 15.0. The third-order valence-corrected chi connectivity index (χ3v) is 11.7. The van der Waals surface area contributed by atoms with Gasteiger partial charge in [0.25, 0.3) is 11.8 Å². The summed E-state index contributed by atoms with van der Waals surface area (Å²) in [4.78, 5) is 29.7. The number of hydrogen-bond donors (Lipinski definition) is 1. The molecule has 51 heavy (non-hydrogen) atoms. The third-order valence-electron chi connectivity index (χ3n) is 9.74. The van der Waals surface area contributed by atoms with E-state index in [2.05, 4.69) is 39.0 Å². The van der Waals surface area contributed by atoms with Gasteiger partial charge in [0.1, 0.15) is 11.4 Å². The monoisotopic (exact) mass is 739 g/mol. The Bertz CT molecular complexity index is 1880. The van der Waals surface area contributed by atoms with Gasteiger partial charge in [0.15, 0.2) is 15.6 Å². The minimum atomic E-state index is -3.90. The van der Waals surface area contributed by atoms with Crippen LogP contribution in [0.1, 0.15) is 80.2 Å². The average molecular weight is 740 g/mol.